The Morgan fingerprint density at radius 1 is 1.14 bits per heavy atom. The van der Waals surface area contributed by atoms with Crippen LogP contribution in [0.2, 0.25) is 0 Å². The van der Waals surface area contributed by atoms with Gasteiger partial charge in [-0.15, -0.1) is 0 Å². The number of carbonyl (C=O) groups is 3. The minimum atomic E-state index is -1.48. The molecular weight excluding hydrogens is 669 g/mol. The fourth-order valence-corrected chi connectivity index (χ4v) is 0.783. The average Bonchev–Trinajstić information content (AvgIpc) is 2.25. The molecule has 0 aromatic carbocycles. The molecule has 11 heteroatoms. The van der Waals surface area contributed by atoms with Crippen LogP contribution in [0.1, 0.15) is 35.1 Å². The van der Waals surface area contributed by atoms with Crippen molar-refractivity contribution in [2.45, 2.75) is 46.3 Å². The molecule has 0 saturated heterocycles. The number of carbonyl (C=O) groups excluding carboxylic acids is 2. The number of likely N-dealkylation sites (N-methyl/N-ethyl adjacent to an activating group) is 1. The van der Waals surface area contributed by atoms with Gasteiger partial charge in [0.05, 0.1) is 0 Å². The fraction of sp³-hybridized carbons (Fsp3) is 0.727. The molecule has 0 saturated carbocycles. The zero-order chi connectivity index (χ0) is 17.6. The maximum absolute atomic E-state index is 11.8. The van der Waals surface area contributed by atoms with Gasteiger partial charge in [-0.25, -0.2) is 9.59 Å². The summed E-state index contributed by atoms with van der Waals surface area (Å²) in [6.45, 7) is 5.43. The van der Waals surface area contributed by atoms with Crippen LogP contribution in [0.15, 0.2) is 0 Å². The predicted octanol–water partition coefficient (Wildman–Crippen LogP) is 3.68. The van der Waals surface area contributed by atoms with E-state index in [9.17, 15) is 14.4 Å². The number of hydrogen-bond acceptors (Lipinski definition) is 4. The van der Waals surface area contributed by atoms with Gasteiger partial charge in [-0.2, -0.15) is 0 Å². The summed E-state index contributed by atoms with van der Waals surface area (Å²) in [5.41, 5.74) is -3.69. The van der Waals surface area contributed by atoms with E-state index in [1.165, 1.54) is 34.7 Å². The van der Waals surface area contributed by atoms with Crippen LogP contribution in [0.3, 0.4) is 0 Å². The van der Waals surface area contributed by atoms with Crippen molar-refractivity contribution in [1.82, 2.24) is 4.90 Å². The molecule has 0 unspecified atom stereocenters. The summed E-state index contributed by atoms with van der Waals surface area (Å²) in [6, 6.07) is 0. The summed E-state index contributed by atoms with van der Waals surface area (Å²) in [5, 5.41) is 8.80. The molecule has 0 aromatic rings. The van der Waals surface area contributed by atoms with Crippen LogP contribution < -0.4 is 0 Å². The molecule has 0 atom stereocenters. The van der Waals surface area contributed by atoms with Crippen molar-refractivity contribution in [3.05, 3.63) is 0 Å². The number of esters is 1. The molecule has 2 radical (unpaired) electrons. The Labute approximate surface area is 171 Å². The van der Waals surface area contributed by atoms with Crippen molar-refractivity contribution < 1.29 is 29.1 Å². The van der Waals surface area contributed by atoms with E-state index >= 15 is 0 Å². The fourth-order valence-electron chi connectivity index (χ4n) is 0.783. The van der Waals surface area contributed by atoms with E-state index in [4.69, 9.17) is 17.7 Å². The summed E-state index contributed by atoms with van der Waals surface area (Å²) in [6.07, 6.45) is -1.27. The number of nitrogens with zero attached hydrogens (tertiary/aromatic N) is 1. The first-order valence-electron chi connectivity index (χ1n) is 5.43. The zero-order valence-corrected chi connectivity index (χ0v) is 20.1. The summed E-state index contributed by atoms with van der Waals surface area (Å²) in [7, 11) is 6.29. The Balaban J connectivity index is -0.000000640. The van der Waals surface area contributed by atoms with E-state index in [2.05, 4.69) is 59.9 Å². The molecule has 0 spiro atoms. The van der Waals surface area contributed by atoms with Crippen LogP contribution in [0.4, 0.5) is 4.79 Å². The van der Waals surface area contributed by atoms with E-state index in [0.717, 1.165) is 4.90 Å². The Kier molecular flexibility index (Phi) is 15.0. The standard InChI is InChI=1S/C10H16BNO5.CH4.3HI.V/c1-9(2,12(5)8(15)16)7(14)17-10(3,4)6(11)13;;;;;/h1-5H3,(H,15,16);1H4;3*1H;/q;;;;;+3/p-3. The molecule has 1 amide bonds. The van der Waals surface area contributed by atoms with Gasteiger partial charge in [0, 0.05) is 7.05 Å². The molecule has 0 aliphatic carbocycles. The van der Waals surface area contributed by atoms with Crippen molar-refractivity contribution in [2.24, 2.45) is 0 Å². The molecule has 0 fully saturated rings. The average molecular weight is 689 g/mol. The van der Waals surface area contributed by atoms with Gasteiger partial charge in [-0.1, -0.05) is 7.43 Å². The van der Waals surface area contributed by atoms with Crippen LogP contribution >= 0.6 is 59.9 Å². The Morgan fingerprint density at radius 3 is 1.68 bits per heavy atom. The van der Waals surface area contributed by atoms with Gasteiger partial charge in [0.15, 0.2) is 13.4 Å². The second kappa shape index (κ2) is 11.7. The number of ether oxygens (including phenoxy) is 1. The summed E-state index contributed by atoms with van der Waals surface area (Å²) < 4.78 is 4.92. The van der Waals surface area contributed by atoms with Crippen LogP contribution in [0, 0.1) is 0 Å². The van der Waals surface area contributed by atoms with E-state index in [0.29, 0.717) is 0 Å². The zero-order valence-electron chi connectivity index (χ0n) is 12.2. The third-order valence-electron chi connectivity index (χ3n) is 2.57. The SMILES string of the molecule is C.[B]C(=O)C(C)(C)OC(=O)C(C)(C)N(C)C(=O)O.[I][V]([I])[I]. The summed E-state index contributed by atoms with van der Waals surface area (Å²) >= 11 is 7.39. The molecule has 0 rings (SSSR count). The third kappa shape index (κ3) is 10.9. The maximum atomic E-state index is 11.8. The van der Waals surface area contributed by atoms with Crippen LogP contribution in [0.25, 0.3) is 0 Å². The molecule has 0 aliphatic heterocycles. The minimum absolute atomic E-state index is 0. The third-order valence-corrected chi connectivity index (χ3v) is 2.57. The van der Waals surface area contributed by atoms with Gasteiger partial charge in [-0.05, 0) is 27.7 Å². The second-order valence-corrected chi connectivity index (χ2v) is 40.2. The van der Waals surface area contributed by atoms with Crippen molar-refractivity contribution in [3.8, 4) is 0 Å². The van der Waals surface area contributed by atoms with Gasteiger partial charge in [-0.3, -0.25) is 4.90 Å². The number of rotatable bonds is 4. The number of halogens is 3. The normalized spacial score (nSPS) is 10.8. The molecule has 0 bridgehead atoms. The molecule has 128 valence electrons. The van der Waals surface area contributed by atoms with E-state index < -0.39 is 28.9 Å². The molecule has 1 N–H and O–H groups in total. The van der Waals surface area contributed by atoms with Crippen LogP contribution in [-0.2, 0) is 19.2 Å². The molecular formula is C11H20BI3NO5V. The van der Waals surface area contributed by atoms with E-state index in [1.54, 1.807) is 0 Å². The molecule has 0 heterocycles. The first kappa shape index (κ1) is 28.1. The number of carboxylic acid groups (broad SMARTS) is 1. The van der Waals surface area contributed by atoms with Crippen LogP contribution in [0.5, 0.6) is 0 Å². The van der Waals surface area contributed by atoms with E-state index in [1.807, 2.05) is 0 Å². The van der Waals surface area contributed by atoms with Gasteiger partial charge in [0.2, 0.25) is 0 Å². The van der Waals surface area contributed by atoms with Crippen molar-refractivity contribution in [3.63, 3.8) is 0 Å². The van der Waals surface area contributed by atoms with Crippen molar-refractivity contribution in [1.29, 1.82) is 0 Å². The van der Waals surface area contributed by atoms with Crippen LogP contribution in [-0.4, -0.2) is 53.8 Å². The number of amides is 1. The summed E-state index contributed by atoms with van der Waals surface area (Å²) in [4.78, 5) is 34.1. The monoisotopic (exact) mass is 689 g/mol. The van der Waals surface area contributed by atoms with Crippen molar-refractivity contribution in [2.75, 3.05) is 7.05 Å². The molecule has 0 aromatic heterocycles. The van der Waals surface area contributed by atoms with E-state index in [-0.39, 0.29) is 12.3 Å². The molecule has 22 heavy (non-hydrogen) atoms. The Morgan fingerprint density at radius 2 is 1.45 bits per heavy atom. The second-order valence-electron chi connectivity index (χ2n) is 4.86. The van der Waals surface area contributed by atoms with Gasteiger partial charge < -0.3 is 14.6 Å². The molecule has 0 aliphatic rings. The Bertz CT molecular complexity index is 404. The van der Waals surface area contributed by atoms with Gasteiger partial charge >= 0.3 is 76.9 Å². The molecule has 6 nitrogen and oxygen atoms in total. The van der Waals surface area contributed by atoms with Gasteiger partial charge in [0.1, 0.15) is 11.2 Å². The Hall–Kier alpha value is 1.25. The van der Waals surface area contributed by atoms with Gasteiger partial charge in [0.25, 0.3) is 0 Å². The first-order valence-corrected chi connectivity index (χ1v) is 19.0. The topological polar surface area (TPSA) is 83.9 Å². The number of hydrogen-bond donors (Lipinski definition) is 1. The van der Waals surface area contributed by atoms with Crippen molar-refractivity contribution >= 4 is 85.5 Å². The first-order chi connectivity index (χ1) is 9.16. The summed E-state index contributed by atoms with van der Waals surface area (Å²) in [5.74, 6) is -0.841. The predicted molar refractivity (Wildman–Crippen MR) is 110 cm³/mol. The quantitative estimate of drug-likeness (QED) is 0.277.